The second-order valence-electron chi connectivity index (χ2n) is 5.49. The molecule has 1 aliphatic carbocycles. The van der Waals surface area contributed by atoms with Crippen LogP contribution in [0.1, 0.15) is 42.1 Å². The highest BCUT2D eigenvalue weighted by molar-refractivity contribution is 5.43. The van der Waals surface area contributed by atoms with Crippen LogP contribution in [0.15, 0.2) is 10.9 Å². The van der Waals surface area contributed by atoms with Gasteiger partial charge in [0.25, 0.3) is 5.56 Å². The number of hydrogen-bond acceptors (Lipinski definition) is 3. The fourth-order valence-corrected chi connectivity index (χ4v) is 3.23. The molecule has 0 saturated carbocycles. The highest BCUT2D eigenvalue weighted by Gasteiger charge is 2.22. The number of aryl methyl sites for hydroxylation is 1. The first kappa shape index (κ1) is 11.2. The molecule has 100 valence electrons. The van der Waals surface area contributed by atoms with Crippen LogP contribution < -0.4 is 5.56 Å². The van der Waals surface area contributed by atoms with Crippen molar-refractivity contribution in [3.63, 3.8) is 0 Å². The third-order valence-electron chi connectivity index (χ3n) is 4.32. The van der Waals surface area contributed by atoms with Gasteiger partial charge in [-0.3, -0.25) is 9.89 Å². The zero-order valence-electron chi connectivity index (χ0n) is 10.8. The van der Waals surface area contributed by atoms with E-state index >= 15 is 0 Å². The van der Waals surface area contributed by atoms with Gasteiger partial charge in [-0.15, -0.1) is 0 Å². The van der Waals surface area contributed by atoms with Crippen molar-refractivity contribution in [2.45, 2.75) is 38.0 Å². The van der Waals surface area contributed by atoms with Crippen LogP contribution in [0.4, 0.5) is 0 Å². The lowest BCUT2D eigenvalue weighted by Gasteiger charge is -2.20. The highest BCUT2D eigenvalue weighted by Crippen LogP contribution is 2.26. The van der Waals surface area contributed by atoms with Crippen LogP contribution in [0.5, 0.6) is 0 Å². The minimum absolute atomic E-state index is 0.0933. The van der Waals surface area contributed by atoms with Crippen molar-refractivity contribution in [2.75, 3.05) is 13.2 Å². The number of rotatable bonds is 1. The molecule has 2 aliphatic rings. The first-order chi connectivity index (χ1) is 9.33. The Hall–Kier alpha value is -1.62. The lowest BCUT2D eigenvalue weighted by molar-refractivity contribution is 0.0844. The van der Waals surface area contributed by atoms with E-state index in [4.69, 9.17) is 4.74 Å². The monoisotopic (exact) mass is 259 g/mol. The normalized spacial score (nSPS) is 20.0. The molecule has 1 aliphatic heterocycles. The molecule has 1 saturated heterocycles. The molecule has 3 heterocycles. The van der Waals surface area contributed by atoms with Crippen LogP contribution in [0.3, 0.4) is 0 Å². The third kappa shape index (κ3) is 1.72. The number of nitrogens with one attached hydrogen (secondary N) is 1. The number of hydrogen-bond donors (Lipinski definition) is 1. The number of aromatic nitrogens is 3. The standard InChI is InChI=1S/C14H17N3O2/c18-14-10-2-1-3-11(10)15-13-8-12(16-17(13)14)9-4-6-19-7-5-9/h8-9,16H,1-7H2. The van der Waals surface area contributed by atoms with Crippen LogP contribution in [-0.4, -0.2) is 27.8 Å². The molecule has 0 bridgehead atoms. The average Bonchev–Trinajstić information content (AvgIpc) is 3.06. The molecule has 5 nitrogen and oxygen atoms in total. The fourth-order valence-electron chi connectivity index (χ4n) is 3.23. The molecule has 1 fully saturated rings. The molecule has 0 atom stereocenters. The molecule has 0 spiro atoms. The Balaban J connectivity index is 1.83. The van der Waals surface area contributed by atoms with Crippen LogP contribution in [0, 0.1) is 0 Å². The average molecular weight is 259 g/mol. The summed E-state index contributed by atoms with van der Waals surface area (Å²) >= 11 is 0. The zero-order valence-corrected chi connectivity index (χ0v) is 10.8. The summed E-state index contributed by atoms with van der Waals surface area (Å²) in [6.45, 7) is 1.61. The summed E-state index contributed by atoms with van der Waals surface area (Å²) in [5.74, 6) is 0.463. The van der Waals surface area contributed by atoms with Crippen LogP contribution >= 0.6 is 0 Å². The lowest BCUT2D eigenvalue weighted by atomic mass is 9.97. The van der Waals surface area contributed by atoms with Gasteiger partial charge in [0.1, 0.15) is 0 Å². The predicted octanol–water partition coefficient (Wildman–Crippen LogP) is 1.41. The van der Waals surface area contributed by atoms with Crippen LogP contribution in [-0.2, 0) is 17.6 Å². The van der Waals surface area contributed by atoms with Crippen molar-refractivity contribution < 1.29 is 4.74 Å². The van der Waals surface area contributed by atoms with Crippen molar-refractivity contribution in [3.05, 3.63) is 33.4 Å². The Labute approximate surface area is 110 Å². The molecule has 19 heavy (non-hydrogen) atoms. The second-order valence-corrected chi connectivity index (χ2v) is 5.49. The number of nitrogens with zero attached hydrogens (tertiary/aromatic N) is 2. The minimum Gasteiger partial charge on any atom is -0.381 e. The topological polar surface area (TPSA) is 59.4 Å². The highest BCUT2D eigenvalue weighted by atomic mass is 16.5. The molecule has 0 amide bonds. The predicted molar refractivity (Wildman–Crippen MR) is 70.6 cm³/mol. The maximum Gasteiger partial charge on any atom is 0.276 e. The van der Waals surface area contributed by atoms with E-state index in [2.05, 4.69) is 10.1 Å². The number of aromatic amines is 1. The summed E-state index contributed by atoms with van der Waals surface area (Å²) in [5, 5.41) is 3.25. The minimum atomic E-state index is 0.0933. The SMILES string of the molecule is O=c1c2c(nc3cc(C4CCOCC4)[nH]n13)CCC2. The van der Waals surface area contributed by atoms with Crippen molar-refractivity contribution in [2.24, 2.45) is 0 Å². The lowest BCUT2D eigenvalue weighted by Crippen LogP contribution is -2.20. The summed E-state index contributed by atoms with van der Waals surface area (Å²) < 4.78 is 7.01. The van der Waals surface area contributed by atoms with Crippen molar-refractivity contribution in [1.29, 1.82) is 0 Å². The number of H-pyrrole nitrogens is 1. The van der Waals surface area contributed by atoms with Gasteiger partial charge >= 0.3 is 0 Å². The van der Waals surface area contributed by atoms with Crippen LogP contribution in [0.25, 0.3) is 5.65 Å². The summed E-state index contributed by atoms with van der Waals surface area (Å²) in [6.07, 6.45) is 4.90. The fraction of sp³-hybridized carbons (Fsp3) is 0.571. The third-order valence-corrected chi connectivity index (χ3v) is 4.32. The second kappa shape index (κ2) is 4.20. The van der Waals surface area contributed by atoms with E-state index in [0.717, 1.165) is 67.9 Å². The quantitative estimate of drug-likeness (QED) is 0.842. The van der Waals surface area contributed by atoms with E-state index in [0.29, 0.717) is 5.92 Å². The molecule has 2 aromatic heterocycles. The van der Waals surface area contributed by atoms with Gasteiger partial charge in [0.2, 0.25) is 0 Å². The molecule has 1 N–H and O–H groups in total. The van der Waals surface area contributed by atoms with E-state index < -0.39 is 0 Å². The maximum absolute atomic E-state index is 12.4. The summed E-state index contributed by atoms with van der Waals surface area (Å²) in [5.41, 5.74) is 3.89. The molecule has 0 unspecified atom stereocenters. The van der Waals surface area contributed by atoms with Gasteiger partial charge in [-0.05, 0) is 32.1 Å². The molecular formula is C14H17N3O2. The molecular weight excluding hydrogens is 242 g/mol. The first-order valence-electron chi connectivity index (χ1n) is 7.04. The molecule has 5 heteroatoms. The molecule has 2 aromatic rings. The van der Waals surface area contributed by atoms with Crippen molar-refractivity contribution in [3.8, 4) is 0 Å². The maximum atomic E-state index is 12.4. The smallest absolute Gasteiger partial charge is 0.276 e. The summed E-state index contributed by atoms with van der Waals surface area (Å²) in [4.78, 5) is 17.0. The van der Waals surface area contributed by atoms with Gasteiger partial charge in [0, 0.05) is 36.5 Å². The van der Waals surface area contributed by atoms with Crippen molar-refractivity contribution >= 4 is 5.65 Å². The van der Waals surface area contributed by atoms with Gasteiger partial charge in [-0.1, -0.05) is 0 Å². The Morgan fingerprint density at radius 1 is 1.32 bits per heavy atom. The van der Waals surface area contributed by atoms with Gasteiger partial charge in [0.05, 0.1) is 5.69 Å². The van der Waals surface area contributed by atoms with Gasteiger partial charge in [-0.2, -0.15) is 0 Å². The van der Waals surface area contributed by atoms with Gasteiger partial charge < -0.3 is 4.74 Å². The Morgan fingerprint density at radius 2 is 2.16 bits per heavy atom. The largest absolute Gasteiger partial charge is 0.381 e. The Bertz CT molecular complexity index is 680. The Kier molecular flexibility index (Phi) is 2.48. The van der Waals surface area contributed by atoms with E-state index in [1.807, 2.05) is 6.07 Å². The number of ether oxygens (including phenoxy) is 1. The number of fused-ring (bicyclic) bond motifs is 2. The summed E-state index contributed by atoms with van der Waals surface area (Å²) in [7, 11) is 0. The Morgan fingerprint density at radius 3 is 3.00 bits per heavy atom. The van der Waals surface area contributed by atoms with E-state index in [1.165, 1.54) is 0 Å². The van der Waals surface area contributed by atoms with Crippen LogP contribution in [0.2, 0.25) is 0 Å². The zero-order chi connectivity index (χ0) is 12.8. The summed E-state index contributed by atoms with van der Waals surface area (Å²) in [6, 6.07) is 2.04. The molecule has 4 rings (SSSR count). The van der Waals surface area contributed by atoms with Crippen molar-refractivity contribution in [1.82, 2.24) is 14.6 Å². The van der Waals surface area contributed by atoms with Gasteiger partial charge in [-0.25, -0.2) is 9.50 Å². The first-order valence-corrected chi connectivity index (χ1v) is 7.04. The van der Waals surface area contributed by atoms with E-state index in [-0.39, 0.29) is 5.56 Å². The van der Waals surface area contributed by atoms with E-state index in [1.54, 1.807) is 4.52 Å². The van der Waals surface area contributed by atoms with E-state index in [9.17, 15) is 4.79 Å². The molecule has 0 aromatic carbocycles. The van der Waals surface area contributed by atoms with Gasteiger partial charge in [0.15, 0.2) is 5.65 Å². The molecule has 0 radical (unpaired) electrons.